The minimum absolute atomic E-state index is 0.0409. The lowest BCUT2D eigenvalue weighted by Crippen LogP contribution is -2.10. The molecule has 0 aromatic carbocycles. The Morgan fingerprint density at radius 3 is 2.82 bits per heavy atom. The van der Waals surface area contributed by atoms with Crippen molar-refractivity contribution in [3.8, 4) is 0 Å². The number of aliphatic carboxylic acids is 1. The van der Waals surface area contributed by atoms with Crippen LogP contribution in [0.4, 0.5) is 0 Å². The van der Waals surface area contributed by atoms with E-state index in [0.29, 0.717) is 12.0 Å². The zero-order valence-corrected chi connectivity index (χ0v) is 10.9. The predicted octanol–water partition coefficient (Wildman–Crippen LogP) is 2.30. The second-order valence-corrected chi connectivity index (χ2v) is 5.37. The minimum Gasteiger partial charge on any atom is -0.481 e. The Labute approximate surface area is 105 Å². The molecule has 1 aliphatic rings. The van der Waals surface area contributed by atoms with Crippen LogP contribution in [0.2, 0.25) is 0 Å². The number of thioether (sulfide) groups is 1. The smallest absolute Gasteiger partial charge is 0.313 e. The van der Waals surface area contributed by atoms with Crippen molar-refractivity contribution < 1.29 is 9.90 Å². The molecule has 0 bridgehead atoms. The van der Waals surface area contributed by atoms with Crippen molar-refractivity contribution in [3.05, 3.63) is 5.82 Å². The van der Waals surface area contributed by atoms with E-state index in [1.807, 2.05) is 0 Å². The van der Waals surface area contributed by atoms with Crippen molar-refractivity contribution >= 4 is 17.7 Å². The van der Waals surface area contributed by atoms with E-state index < -0.39 is 5.97 Å². The van der Waals surface area contributed by atoms with Crippen LogP contribution in [-0.2, 0) is 4.79 Å². The van der Waals surface area contributed by atoms with Crippen LogP contribution in [0.3, 0.4) is 0 Å². The summed E-state index contributed by atoms with van der Waals surface area (Å²) in [6.45, 7) is 4.24. The number of aromatic nitrogens is 3. The van der Waals surface area contributed by atoms with Gasteiger partial charge in [0.15, 0.2) is 5.16 Å². The largest absolute Gasteiger partial charge is 0.481 e. The fraction of sp³-hybridized carbons (Fsp3) is 0.727. The normalized spacial score (nSPS) is 17.1. The zero-order valence-electron chi connectivity index (χ0n) is 10.1. The van der Waals surface area contributed by atoms with Crippen LogP contribution in [0, 0.1) is 0 Å². The highest BCUT2D eigenvalue weighted by molar-refractivity contribution is 7.99. The van der Waals surface area contributed by atoms with E-state index >= 15 is 0 Å². The van der Waals surface area contributed by atoms with E-state index in [1.165, 1.54) is 24.6 Å². The minimum atomic E-state index is -0.818. The lowest BCUT2D eigenvalue weighted by molar-refractivity contribution is -0.133. The Morgan fingerprint density at radius 1 is 1.59 bits per heavy atom. The molecule has 0 amide bonds. The van der Waals surface area contributed by atoms with Crippen LogP contribution in [0.15, 0.2) is 5.16 Å². The molecule has 1 aromatic heterocycles. The first-order chi connectivity index (χ1) is 8.13. The molecule has 0 aliphatic heterocycles. The summed E-state index contributed by atoms with van der Waals surface area (Å²) in [6.07, 6.45) is 3.36. The third-order valence-corrected chi connectivity index (χ3v) is 3.92. The van der Waals surface area contributed by atoms with E-state index in [4.69, 9.17) is 5.11 Å². The first kappa shape index (κ1) is 12.4. The quantitative estimate of drug-likeness (QED) is 0.790. The predicted molar refractivity (Wildman–Crippen MR) is 65.4 cm³/mol. The summed E-state index contributed by atoms with van der Waals surface area (Å²) in [5.74, 6) is 0.795. The van der Waals surface area contributed by atoms with Gasteiger partial charge in [0.05, 0.1) is 5.75 Å². The molecule has 0 spiro atoms. The van der Waals surface area contributed by atoms with E-state index in [-0.39, 0.29) is 5.75 Å². The molecule has 0 saturated heterocycles. The molecule has 17 heavy (non-hydrogen) atoms. The lowest BCUT2D eigenvalue weighted by Gasteiger charge is -2.15. The SMILES string of the molecule is CCC(C)n1c(SCC(=O)O)nnc1C1CC1. The molecular weight excluding hydrogens is 238 g/mol. The van der Waals surface area contributed by atoms with Crippen molar-refractivity contribution in [3.63, 3.8) is 0 Å². The van der Waals surface area contributed by atoms with Crippen LogP contribution >= 0.6 is 11.8 Å². The molecule has 94 valence electrons. The second kappa shape index (κ2) is 5.08. The van der Waals surface area contributed by atoms with Crippen LogP contribution in [0.5, 0.6) is 0 Å². The van der Waals surface area contributed by atoms with Gasteiger partial charge in [-0.25, -0.2) is 0 Å². The summed E-state index contributed by atoms with van der Waals surface area (Å²) in [4.78, 5) is 10.6. The first-order valence-electron chi connectivity index (χ1n) is 5.92. The number of hydrogen-bond donors (Lipinski definition) is 1. The average Bonchev–Trinajstić information content (AvgIpc) is 3.06. The zero-order chi connectivity index (χ0) is 12.4. The Morgan fingerprint density at radius 2 is 2.29 bits per heavy atom. The number of nitrogens with zero attached hydrogens (tertiary/aromatic N) is 3. The van der Waals surface area contributed by atoms with Gasteiger partial charge in [-0.2, -0.15) is 0 Å². The van der Waals surface area contributed by atoms with Gasteiger partial charge in [-0.05, 0) is 26.2 Å². The van der Waals surface area contributed by atoms with Gasteiger partial charge in [-0.3, -0.25) is 4.79 Å². The van der Waals surface area contributed by atoms with Crippen molar-refractivity contribution in [2.75, 3.05) is 5.75 Å². The maximum Gasteiger partial charge on any atom is 0.313 e. The molecule has 6 heteroatoms. The van der Waals surface area contributed by atoms with Crippen molar-refractivity contribution in [2.45, 2.75) is 50.2 Å². The summed E-state index contributed by atoms with van der Waals surface area (Å²) in [5.41, 5.74) is 0. The number of carboxylic acids is 1. The number of carbonyl (C=O) groups is 1. The Kier molecular flexibility index (Phi) is 3.71. The maximum atomic E-state index is 10.6. The molecule has 1 heterocycles. The fourth-order valence-corrected chi connectivity index (χ4v) is 2.49. The summed E-state index contributed by atoms with van der Waals surface area (Å²) in [5, 5.41) is 17.8. The van der Waals surface area contributed by atoms with Gasteiger partial charge in [-0.1, -0.05) is 18.7 Å². The molecule has 1 aromatic rings. The topological polar surface area (TPSA) is 68.0 Å². The fourth-order valence-electron chi connectivity index (χ4n) is 1.73. The second-order valence-electron chi connectivity index (χ2n) is 4.42. The van der Waals surface area contributed by atoms with Gasteiger partial charge in [0.25, 0.3) is 0 Å². The molecule has 1 aliphatic carbocycles. The van der Waals surface area contributed by atoms with E-state index in [2.05, 4.69) is 28.6 Å². The van der Waals surface area contributed by atoms with Crippen molar-refractivity contribution in [1.29, 1.82) is 0 Å². The summed E-state index contributed by atoms with van der Waals surface area (Å²) in [6, 6.07) is 0.330. The molecule has 2 rings (SSSR count). The number of hydrogen-bond acceptors (Lipinski definition) is 4. The molecule has 1 unspecified atom stereocenters. The highest BCUT2D eigenvalue weighted by atomic mass is 32.2. The Hall–Kier alpha value is -1.04. The van der Waals surface area contributed by atoms with Gasteiger partial charge >= 0.3 is 5.97 Å². The molecule has 5 nitrogen and oxygen atoms in total. The van der Waals surface area contributed by atoms with Gasteiger partial charge in [0.2, 0.25) is 0 Å². The van der Waals surface area contributed by atoms with Crippen LogP contribution in [0.1, 0.15) is 50.9 Å². The van der Waals surface area contributed by atoms with Gasteiger partial charge < -0.3 is 9.67 Å². The van der Waals surface area contributed by atoms with Crippen molar-refractivity contribution in [1.82, 2.24) is 14.8 Å². The highest BCUT2D eigenvalue weighted by Crippen LogP contribution is 2.41. The molecular formula is C11H17N3O2S. The summed E-state index contributed by atoms with van der Waals surface area (Å²) >= 11 is 1.25. The van der Waals surface area contributed by atoms with Crippen molar-refractivity contribution in [2.24, 2.45) is 0 Å². The lowest BCUT2D eigenvalue weighted by atomic mass is 10.2. The average molecular weight is 255 g/mol. The number of carboxylic acid groups (broad SMARTS) is 1. The third kappa shape index (κ3) is 2.80. The molecule has 1 fully saturated rings. The maximum absolute atomic E-state index is 10.6. The number of rotatable bonds is 6. The Bertz CT molecular complexity index is 415. The van der Waals surface area contributed by atoms with Crippen LogP contribution < -0.4 is 0 Å². The molecule has 1 saturated carbocycles. The molecule has 1 N–H and O–H groups in total. The summed E-state index contributed by atoms with van der Waals surface area (Å²) < 4.78 is 2.12. The van der Waals surface area contributed by atoms with Crippen LogP contribution in [0.25, 0.3) is 0 Å². The van der Waals surface area contributed by atoms with E-state index in [1.54, 1.807) is 0 Å². The van der Waals surface area contributed by atoms with Gasteiger partial charge in [0, 0.05) is 12.0 Å². The standard InChI is InChI=1S/C11H17N3O2S/c1-3-7(2)14-10(8-4-5-8)12-13-11(14)17-6-9(15)16/h7-8H,3-6H2,1-2H3,(H,15,16). The van der Waals surface area contributed by atoms with Gasteiger partial charge in [-0.15, -0.1) is 10.2 Å². The highest BCUT2D eigenvalue weighted by Gasteiger charge is 2.31. The summed E-state index contributed by atoms with van der Waals surface area (Å²) in [7, 11) is 0. The molecule has 1 atom stereocenters. The van der Waals surface area contributed by atoms with Crippen LogP contribution in [-0.4, -0.2) is 31.6 Å². The van der Waals surface area contributed by atoms with Gasteiger partial charge in [0.1, 0.15) is 5.82 Å². The molecule has 0 radical (unpaired) electrons. The monoisotopic (exact) mass is 255 g/mol. The third-order valence-electron chi connectivity index (χ3n) is 2.99. The van der Waals surface area contributed by atoms with E-state index in [9.17, 15) is 4.79 Å². The Balaban J connectivity index is 2.21. The van der Waals surface area contributed by atoms with E-state index in [0.717, 1.165) is 17.4 Å². The first-order valence-corrected chi connectivity index (χ1v) is 6.91.